The van der Waals surface area contributed by atoms with Crippen LogP contribution in [0.15, 0.2) is 48.7 Å². The second kappa shape index (κ2) is 10.1. The Balaban J connectivity index is 1.63. The molecule has 28 heavy (non-hydrogen) atoms. The predicted octanol–water partition coefficient (Wildman–Crippen LogP) is 4.38. The molecule has 0 bridgehead atoms. The third-order valence-corrected chi connectivity index (χ3v) is 5.29. The molecule has 0 saturated heterocycles. The van der Waals surface area contributed by atoms with Gasteiger partial charge >= 0.3 is 0 Å². The van der Waals surface area contributed by atoms with Crippen molar-refractivity contribution in [3.63, 3.8) is 0 Å². The third kappa shape index (κ3) is 5.47. The number of benzene rings is 2. The average molecular weight is 399 g/mol. The summed E-state index contributed by atoms with van der Waals surface area (Å²) in [4.78, 5) is 5.64. The summed E-state index contributed by atoms with van der Waals surface area (Å²) >= 11 is 1.74. The second-order valence-corrected chi connectivity index (χ2v) is 7.69. The van der Waals surface area contributed by atoms with Gasteiger partial charge in [-0.2, -0.15) is 0 Å². The van der Waals surface area contributed by atoms with Gasteiger partial charge in [0.1, 0.15) is 23.9 Å². The lowest BCUT2D eigenvalue weighted by atomic mass is 10.1. The van der Waals surface area contributed by atoms with E-state index in [9.17, 15) is 0 Å². The first-order chi connectivity index (χ1) is 13.7. The Kier molecular flexibility index (Phi) is 7.28. The molecule has 3 rings (SSSR count). The van der Waals surface area contributed by atoms with Gasteiger partial charge < -0.3 is 19.5 Å². The molecule has 0 fully saturated rings. The quantitative estimate of drug-likeness (QED) is 0.514. The molecule has 6 heteroatoms. The van der Waals surface area contributed by atoms with Gasteiger partial charge in [-0.15, -0.1) is 11.3 Å². The first-order valence-electron chi connectivity index (χ1n) is 9.23. The van der Waals surface area contributed by atoms with Crippen LogP contribution in [-0.2, 0) is 19.6 Å². The van der Waals surface area contributed by atoms with E-state index in [2.05, 4.69) is 17.2 Å². The lowest BCUT2D eigenvalue weighted by Crippen LogP contribution is -2.17. The maximum absolute atomic E-state index is 5.93. The van der Waals surface area contributed by atoms with E-state index in [1.165, 1.54) is 4.88 Å². The molecule has 1 aromatic heterocycles. The molecule has 2 aromatic carbocycles. The number of aromatic nitrogens is 1. The summed E-state index contributed by atoms with van der Waals surface area (Å²) in [5.41, 5.74) is 2.09. The van der Waals surface area contributed by atoms with Gasteiger partial charge in [0.05, 0.1) is 24.8 Å². The Morgan fingerprint density at radius 2 is 1.75 bits per heavy atom. The fourth-order valence-corrected chi connectivity index (χ4v) is 3.67. The molecular weight excluding hydrogens is 372 g/mol. The van der Waals surface area contributed by atoms with Gasteiger partial charge in [0.25, 0.3) is 0 Å². The highest BCUT2D eigenvalue weighted by atomic mass is 32.1. The van der Waals surface area contributed by atoms with E-state index < -0.39 is 0 Å². The molecule has 5 nitrogen and oxygen atoms in total. The molecule has 0 unspecified atom stereocenters. The highest BCUT2D eigenvalue weighted by Gasteiger charge is 2.13. The topological polar surface area (TPSA) is 52.6 Å². The van der Waals surface area contributed by atoms with Crippen LogP contribution in [-0.4, -0.2) is 25.7 Å². The van der Waals surface area contributed by atoms with Crippen molar-refractivity contribution in [1.82, 2.24) is 10.3 Å². The van der Waals surface area contributed by atoms with E-state index in [1.54, 1.807) is 25.6 Å². The zero-order valence-electron chi connectivity index (χ0n) is 16.5. The van der Waals surface area contributed by atoms with Crippen LogP contribution in [0.1, 0.15) is 21.0 Å². The van der Waals surface area contributed by atoms with Crippen LogP contribution in [0, 0.1) is 6.92 Å². The molecule has 3 aromatic rings. The van der Waals surface area contributed by atoms with Gasteiger partial charge in [0, 0.05) is 42.7 Å². The Morgan fingerprint density at radius 3 is 2.36 bits per heavy atom. The van der Waals surface area contributed by atoms with Crippen molar-refractivity contribution in [1.29, 1.82) is 0 Å². The van der Waals surface area contributed by atoms with E-state index in [0.29, 0.717) is 13.2 Å². The van der Waals surface area contributed by atoms with Crippen LogP contribution in [0.5, 0.6) is 17.2 Å². The maximum Gasteiger partial charge on any atom is 0.130 e. The van der Waals surface area contributed by atoms with Crippen LogP contribution in [0.3, 0.4) is 0 Å². The number of hydrogen-bond acceptors (Lipinski definition) is 6. The van der Waals surface area contributed by atoms with Crippen LogP contribution < -0.4 is 19.5 Å². The third-order valence-electron chi connectivity index (χ3n) is 4.32. The number of ether oxygens (including phenoxy) is 3. The molecule has 0 aliphatic heterocycles. The highest BCUT2D eigenvalue weighted by Crippen LogP contribution is 2.34. The average Bonchev–Trinajstić information content (AvgIpc) is 3.15. The Labute approximate surface area is 170 Å². The van der Waals surface area contributed by atoms with Crippen molar-refractivity contribution >= 4 is 11.3 Å². The highest BCUT2D eigenvalue weighted by molar-refractivity contribution is 7.11. The van der Waals surface area contributed by atoms with Crippen LogP contribution in [0.25, 0.3) is 0 Å². The summed E-state index contributed by atoms with van der Waals surface area (Å²) in [5, 5.41) is 4.60. The maximum atomic E-state index is 5.93. The summed E-state index contributed by atoms with van der Waals surface area (Å²) < 4.78 is 17.1. The molecule has 0 aliphatic carbocycles. The first-order valence-corrected chi connectivity index (χ1v) is 10.0. The van der Waals surface area contributed by atoms with Crippen molar-refractivity contribution in [2.24, 2.45) is 0 Å². The molecule has 0 aliphatic rings. The minimum Gasteiger partial charge on any atom is -0.496 e. The van der Waals surface area contributed by atoms with Gasteiger partial charge in [-0.1, -0.05) is 30.3 Å². The second-order valence-electron chi connectivity index (χ2n) is 6.37. The van der Waals surface area contributed by atoms with E-state index in [-0.39, 0.29) is 0 Å². The number of nitrogens with one attached hydrogen (secondary N) is 1. The summed E-state index contributed by atoms with van der Waals surface area (Å²) in [5.74, 6) is 2.22. The largest absolute Gasteiger partial charge is 0.496 e. The Hall–Kier alpha value is -2.57. The number of aryl methyl sites for hydroxylation is 1. The molecule has 0 radical (unpaired) electrons. The lowest BCUT2D eigenvalue weighted by molar-refractivity contribution is 0.299. The molecule has 148 valence electrons. The van der Waals surface area contributed by atoms with Crippen LogP contribution in [0.2, 0.25) is 0 Å². The molecular formula is C22H26N2O3S. The molecule has 0 amide bonds. The van der Waals surface area contributed by atoms with Crippen molar-refractivity contribution in [2.45, 2.75) is 26.5 Å². The lowest BCUT2D eigenvalue weighted by Gasteiger charge is -2.16. The monoisotopic (exact) mass is 398 g/mol. The zero-order chi connectivity index (χ0) is 19.8. The molecule has 0 spiro atoms. The first kappa shape index (κ1) is 20.2. The van der Waals surface area contributed by atoms with E-state index >= 15 is 0 Å². The summed E-state index contributed by atoms with van der Waals surface area (Å²) in [6.45, 7) is 4.06. The number of hydrogen-bond donors (Lipinski definition) is 1. The number of methoxy groups -OCH3 is 2. The fraction of sp³-hybridized carbons (Fsp3) is 0.318. The number of rotatable bonds is 10. The smallest absolute Gasteiger partial charge is 0.130 e. The summed E-state index contributed by atoms with van der Waals surface area (Å²) in [7, 11) is 3.33. The number of thiazole rings is 1. The van der Waals surface area contributed by atoms with E-state index in [4.69, 9.17) is 14.2 Å². The van der Waals surface area contributed by atoms with Gasteiger partial charge in [-0.25, -0.2) is 4.98 Å². The summed E-state index contributed by atoms with van der Waals surface area (Å²) in [6.07, 6.45) is 2.82. The minimum absolute atomic E-state index is 0.498. The predicted molar refractivity (Wildman–Crippen MR) is 113 cm³/mol. The molecule has 0 atom stereocenters. The fourth-order valence-electron chi connectivity index (χ4n) is 2.88. The van der Waals surface area contributed by atoms with E-state index in [1.807, 2.05) is 48.7 Å². The standard InChI is InChI=1S/C22H26N2O3S/c1-16-13-24-22(28-16)9-10-23-14-19-20(25-2)11-18(12-21(19)26-3)27-15-17-7-5-4-6-8-17/h4-8,11-13,23H,9-10,14-15H2,1-3H3. The van der Waals surface area contributed by atoms with Crippen molar-refractivity contribution < 1.29 is 14.2 Å². The SMILES string of the molecule is COc1cc(OCc2ccccc2)cc(OC)c1CNCCc1ncc(C)s1. The van der Waals surface area contributed by atoms with E-state index in [0.717, 1.165) is 46.3 Å². The van der Waals surface area contributed by atoms with Crippen molar-refractivity contribution in [3.05, 3.63) is 69.7 Å². The zero-order valence-corrected chi connectivity index (χ0v) is 17.3. The van der Waals surface area contributed by atoms with Crippen LogP contribution in [0.4, 0.5) is 0 Å². The van der Waals surface area contributed by atoms with Gasteiger partial charge in [-0.05, 0) is 12.5 Å². The summed E-state index contributed by atoms with van der Waals surface area (Å²) in [6, 6.07) is 13.9. The Bertz CT molecular complexity index is 855. The minimum atomic E-state index is 0.498. The van der Waals surface area contributed by atoms with Gasteiger partial charge in [0.15, 0.2) is 0 Å². The molecule has 1 heterocycles. The number of nitrogens with zero attached hydrogens (tertiary/aromatic N) is 1. The van der Waals surface area contributed by atoms with Crippen molar-refractivity contribution in [2.75, 3.05) is 20.8 Å². The molecule has 1 N–H and O–H groups in total. The van der Waals surface area contributed by atoms with Crippen molar-refractivity contribution in [3.8, 4) is 17.2 Å². The van der Waals surface area contributed by atoms with Gasteiger partial charge in [0.2, 0.25) is 0 Å². The molecule has 0 saturated carbocycles. The Morgan fingerprint density at radius 1 is 1.04 bits per heavy atom. The van der Waals surface area contributed by atoms with Gasteiger partial charge in [-0.3, -0.25) is 0 Å². The normalized spacial score (nSPS) is 10.7. The van der Waals surface area contributed by atoms with Crippen LogP contribution >= 0.6 is 11.3 Å².